The summed E-state index contributed by atoms with van der Waals surface area (Å²) in [4.78, 5) is 10.1. The Bertz CT molecular complexity index is 226. The van der Waals surface area contributed by atoms with Crippen LogP contribution in [0.5, 0.6) is 0 Å². The van der Waals surface area contributed by atoms with Crippen LogP contribution in [-0.4, -0.2) is 26.4 Å². The number of carboxylic acids is 1. The Labute approximate surface area is 108 Å². The van der Waals surface area contributed by atoms with Crippen molar-refractivity contribution < 1.29 is 9.90 Å². The Hall–Kier alpha value is 0.110. The Morgan fingerprint density at radius 1 is 1.31 bits per heavy atom. The summed E-state index contributed by atoms with van der Waals surface area (Å²) in [6, 6.07) is 0. The molecular weight excluding hydrogens is 244 g/mol. The van der Waals surface area contributed by atoms with E-state index in [0.29, 0.717) is 12.2 Å². The molecule has 96 valence electrons. The van der Waals surface area contributed by atoms with Crippen LogP contribution < -0.4 is 0 Å². The highest BCUT2D eigenvalue weighted by Gasteiger charge is 2.36. The number of hydrogen-bond acceptors (Lipinski definition) is 2. The van der Waals surface area contributed by atoms with Crippen molar-refractivity contribution in [3.05, 3.63) is 0 Å². The third-order valence-electron chi connectivity index (χ3n) is 2.29. The average Bonchev–Trinajstić information content (AvgIpc) is 2.14. The van der Waals surface area contributed by atoms with Crippen LogP contribution in [-0.2, 0) is 4.79 Å². The smallest absolute Gasteiger partial charge is 0.325 e. The minimum atomic E-state index is -1.09. The summed E-state index contributed by atoms with van der Waals surface area (Å²) in [6.07, 6.45) is 3.57. The molecule has 4 heteroatoms. The van der Waals surface area contributed by atoms with Crippen molar-refractivity contribution >= 4 is 29.3 Å². The van der Waals surface area contributed by atoms with Crippen LogP contribution in [0.1, 0.15) is 53.4 Å². The first kappa shape index (κ1) is 16.1. The van der Waals surface area contributed by atoms with E-state index in [1.165, 1.54) is 0 Å². The lowest BCUT2D eigenvalue weighted by Gasteiger charge is -2.26. The quantitative estimate of drug-likeness (QED) is 0.555. The van der Waals surface area contributed by atoms with Crippen molar-refractivity contribution in [1.82, 2.24) is 0 Å². The number of halogens is 1. The summed E-state index contributed by atoms with van der Waals surface area (Å²) < 4.78 is 0.0559. The van der Waals surface area contributed by atoms with Gasteiger partial charge in [0.15, 0.2) is 4.87 Å². The van der Waals surface area contributed by atoms with Crippen molar-refractivity contribution in [3.8, 4) is 0 Å². The molecule has 0 fully saturated rings. The van der Waals surface area contributed by atoms with Gasteiger partial charge in [-0.05, 0) is 6.42 Å². The lowest BCUT2D eigenvalue weighted by Crippen LogP contribution is -2.36. The van der Waals surface area contributed by atoms with Gasteiger partial charge in [0.2, 0.25) is 0 Å². The molecule has 0 aliphatic rings. The van der Waals surface area contributed by atoms with Gasteiger partial charge in [-0.15, -0.1) is 11.6 Å². The van der Waals surface area contributed by atoms with E-state index in [2.05, 4.69) is 27.7 Å². The Kier molecular flexibility index (Phi) is 6.80. The topological polar surface area (TPSA) is 37.3 Å². The van der Waals surface area contributed by atoms with Gasteiger partial charge in [0, 0.05) is 10.5 Å². The standard InChI is InChI=1S/C12H23ClO2S/c1-5-6-7-8-12(13,10(14)15)9-16-11(2,3)4/h5-9H2,1-4H3,(H,14,15). The first-order chi connectivity index (χ1) is 7.21. The van der Waals surface area contributed by atoms with Crippen molar-refractivity contribution in [2.75, 3.05) is 5.75 Å². The molecule has 0 heterocycles. The minimum Gasteiger partial charge on any atom is -0.480 e. The third-order valence-corrected chi connectivity index (χ3v) is 4.44. The monoisotopic (exact) mass is 266 g/mol. The largest absolute Gasteiger partial charge is 0.480 e. The van der Waals surface area contributed by atoms with E-state index in [4.69, 9.17) is 11.6 Å². The maximum absolute atomic E-state index is 11.2. The number of carboxylic acid groups (broad SMARTS) is 1. The highest BCUT2D eigenvalue weighted by molar-refractivity contribution is 8.00. The predicted molar refractivity (Wildman–Crippen MR) is 72.6 cm³/mol. The molecule has 0 saturated carbocycles. The lowest BCUT2D eigenvalue weighted by molar-refractivity contribution is -0.139. The molecule has 0 aliphatic heterocycles. The van der Waals surface area contributed by atoms with Crippen molar-refractivity contribution in [2.45, 2.75) is 63.0 Å². The van der Waals surface area contributed by atoms with Gasteiger partial charge < -0.3 is 5.11 Å². The van der Waals surface area contributed by atoms with Gasteiger partial charge in [-0.1, -0.05) is 47.0 Å². The summed E-state index contributed by atoms with van der Waals surface area (Å²) in [7, 11) is 0. The van der Waals surface area contributed by atoms with Crippen molar-refractivity contribution in [3.63, 3.8) is 0 Å². The van der Waals surface area contributed by atoms with Gasteiger partial charge in [0.05, 0.1) is 0 Å². The van der Waals surface area contributed by atoms with Gasteiger partial charge in [0.25, 0.3) is 0 Å². The van der Waals surface area contributed by atoms with Gasteiger partial charge >= 0.3 is 5.97 Å². The zero-order valence-electron chi connectivity index (χ0n) is 10.7. The molecule has 0 spiro atoms. The summed E-state index contributed by atoms with van der Waals surface area (Å²) >= 11 is 7.81. The molecule has 0 aliphatic carbocycles. The summed E-state index contributed by atoms with van der Waals surface area (Å²) in [5.74, 6) is -0.418. The van der Waals surface area contributed by atoms with E-state index in [1.807, 2.05) is 0 Å². The molecule has 1 N–H and O–H groups in total. The summed E-state index contributed by atoms with van der Waals surface area (Å²) in [5.41, 5.74) is 0. The highest BCUT2D eigenvalue weighted by Crippen LogP contribution is 2.33. The number of alkyl halides is 1. The molecule has 0 aromatic heterocycles. The predicted octanol–water partition coefficient (Wildman–Crippen LogP) is 4.16. The number of carbonyl (C=O) groups is 1. The fourth-order valence-corrected chi connectivity index (χ4v) is 2.45. The van der Waals surface area contributed by atoms with E-state index in [1.54, 1.807) is 11.8 Å². The highest BCUT2D eigenvalue weighted by atomic mass is 35.5. The van der Waals surface area contributed by atoms with Crippen LogP contribution >= 0.6 is 23.4 Å². The number of rotatable bonds is 7. The number of unbranched alkanes of at least 4 members (excludes halogenated alkanes) is 2. The zero-order chi connectivity index (χ0) is 12.8. The average molecular weight is 267 g/mol. The minimum absolute atomic E-state index is 0.0559. The molecule has 0 aromatic rings. The van der Waals surface area contributed by atoms with Crippen molar-refractivity contribution in [1.29, 1.82) is 0 Å². The Balaban J connectivity index is 4.28. The molecular formula is C12H23ClO2S. The molecule has 0 radical (unpaired) electrons. The van der Waals surface area contributed by atoms with E-state index in [-0.39, 0.29) is 4.75 Å². The van der Waals surface area contributed by atoms with Crippen LogP contribution in [0.3, 0.4) is 0 Å². The Morgan fingerprint density at radius 2 is 1.88 bits per heavy atom. The van der Waals surface area contributed by atoms with E-state index in [9.17, 15) is 9.90 Å². The van der Waals surface area contributed by atoms with Crippen LogP contribution in [0.25, 0.3) is 0 Å². The third kappa shape index (κ3) is 6.64. The summed E-state index contributed by atoms with van der Waals surface area (Å²) in [6.45, 7) is 8.31. The zero-order valence-corrected chi connectivity index (χ0v) is 12.2. The molecule has 16 heavy (non-hydrogen) atoms. The van der Waals surface area contributed by atoms with Crippen LogP contribution in [0.2, 0.25) is 0 Å². The van der Waals surface area contributed by atoms with Gasteiger partial charge in [0.1, 0.15) is 0 Å². The first-order valence-electron chi connectivity index (χ1n) is 5.77. The molecule has 0 saturated heterocycles. The normalized spacial score (nSPS) is 15.8. The SMILES string of the molecule is CCCCCC(Cl)(CSC(C)(C)C)C(=O)O. The fraction of sp³-hybridized carbons (Fsp3) is 0.917. The fourth-order valence-electron chi connectivity index (χ4n) is 1.23. The van der Waals surface area contributed by atoms with Crippen LogP contribution in [0, 0.1) is 0 Å². The van der Waals surface area contributed by atoms with Crippen LogP contribution in [0.15, 0.2) is 0 Å². The second-order valence-electron chi connectivity index (χ2n) is 5.13. The molecule has 0 rings (SSSR count). The van der Waals surface area contributed by atoms with Gasteiger partial charge in [-0.25, -0.2) is 0 Å². The van der Waals surface area contributed by atoms with Crippen molar-refractivity contribution in [2.24, 2.45) is 0 Å². The molecule has 0 amide bonds. The number of thioether (sulfide) groups is 1. The van der Waals surface area contributed by atoms with E-state index < -0.39 is 10.8 Å². The second kappa shape index (κ2) is 6.75. The van der Waals surface area contributed by atoms with Gasteiger partial charge in [-0.3, -0.25) is 4.79 Å². The molecule has 0 aromatic carbocycles. The van der Waals surface area contributed by atoms with E-state index >= 15 is 0 Å². The summed E-state index contributed by atoms with van der Waals surface area (Å²) in [5, 5.41) is 9.18. The van der Waals surface area contributed by atoms with E-state index in [0.717, 1.165) is 19.3 Å². The Morgan fingerprint density at radius 3 is 2.25 bits per heavy atom. The number of aliphatic carboxylic acids is 1. The first-order valence-corrected chi connectivity index (χ1v) is 7.14. The molecule has 1 atom stereocenters. The molecule has 1 unspecified atom stereocenters. The maximum atomic E-state index is 11.2. The second-order valence-corrected chi connectivity index (χ2v) is 7.65. The molecule has 2 nitrogen and oxygen atoms in total. The maximum Gasteiger partial charge on any atom is 0.325 e. The lowest BCUT2D eigenvalue weighted by atomic mass is 10.0. The number of hydrogen-bond donors (Lipinski definition) is 1. The molecule has 0 bridgehead atoms. The van der Waals surface area contributed by atoms with Gasteiger partial charge in [-0.2, -0.15) is 11.8 Å². The van der Waals surface area contributed by atoms with Crippen LogP contribution in [0.4, 0.5) is 0 Å².